The molecule has 0 unspecified atom stereocenters. The number of halogens is 2. The lowest BCUT2D eigenvalue weighted by atomic mass is 9.91. The maximum atomic E-state index is 13.5. The summed E-state index contributed by atoms with van der Waals surface area (Å²) >= 11 is 6.26. The number of ketones is 1. The van der Waals surface area contributed by atoms with E-state index in [1.54, 1.807) is 32.2 Å². The van der Waals surface area contributed by atoms with Gasteiger partial charge in [-0.3, -0.25) is 14.4 Å². The van der Waals surface area contributed by atoms with Crippen LogP contribution >= 0.6 is 11.6 Å². The number of aryl methyl sites for hydroxylation is 1. The number of hydrogen-bond donors (Lipinski definition) is 2. The van der Waals surface area contributed by atoms with Crippen LogP contribution in [0.25, 0.3) is 0 Å². The molecule has 0 aliphatic carbocycles. The molecule has 2 aromatic rings. The molecule has 0 saturated heterocycles. The normalized spacial score (nSPS) is 23.9. The predicted octanol–water partition coefficient (Wildman–Crippen LogP) is 4.73. The van der Waals surface area contributed by atoms with Crippen molar-refractivity contribution in [2.45, 2.75) is 77.5 Å². The Balaban J connectivity index is 1.87. The Bertz CT molecular complexity index is 1160. The van der Waals surface area contributed by atoms with Crippen molar-refractivity contribution >= 4 is 29.2 Å². The predicted molar refractivity (Wildman–Crippen MR) is 155 cm³/mol. The molecule has 2 aromatic carbocycles. The zero-order valence-corrected chi connectivity index (χ0v) is 24.6. The van der Waals surface area contributed by atoms with Crippen LogP contribution in [0.3, 0.4) is 0 Å². The lowest BCUT2D eigenvalue weighted by Crippen LogP contribution is -2.51. The minimum absolute atomic E-state index is 0.0277. The summed E-state index contributed by atoms with van der Waals surface area (Å²) in [5.41, 5.74) is 1.73. The van der Waals surface area contributed by atoms with E-state index >= 15 is 0 Å². The van der Waals surface area contributed by atoms with E-state index in [0.717, 1.165) is 17.5 Å². The second-order valence-corrected chi connectivity index (χ2v) is 11.1. The van der Waals surface area contributed by atoms with Crippen LogP contribution in [0.2, 0.25) is 5.02 Å². The number of rotatable bonds is 4. The lowest BCUT2D eigenvalue weighted by molar-refractivity contribution is -0.140. The topological polar surface area (TPSA) is 87.7 Å². The van der Waals surface area contributed by atoms with Gasteiger partial charge in [0.25, 0.3) is 0 Å². The summed E-state index contributed by atoms with van der Waals surface area (Å²) in [4.78, 5) is 41.5. The molecule has 0 saturated carbocycles. The van der Waals surface area contributed by atoms with E-state index in [-0.39, 0.29) is 42.4 Å². The number of amides is 2. The third-order valence-corrected chi connectivity index (χ3v) is 7.65. The molecule has 3 rings (SSSR count). The number of benzene rings is 2. The van der Waals surface area contributed by atoms with Gasteiger partial charge in [0.15, 0.2) is 5.78 Å². The Morgan fingerprint density at radius 2 is 1.82 bits per heavy atom. The number of ether oxygens (including phenoxy) is 1. The van der Waals surface area contributed by atoms with Crippen molar-refractivity contribution in [1.82, 2.24) is 15.5 Å². The third-order valence-electron chi connectivity index (χ3n) is 7.41. The van der Waals surface area contributed by atoms with Crippen molar-refractivity contribution in [3.63, 3.8) is 0 Å². The molecule has 0 radical (unpaired) electrons. The van der Waals surface area contributed by atoms with E-state index in [1.807, 2.05) is 26.0 Å². The quantitative estimate of drug-likeness (QED) is 0.552. The molecular weight excluding hydrogens is 533 g/mol. The average molecular weight is 574 g/mol. The van der Waals surface area contributed by atoms with Gasteiger partial charge in [-0.2, -0.15) is 0 Å². The highest BCUT2D eigenvalue weighted by Gasteiger charge is 2.31. The molecule has 9 heteroatoms. The van der Waals surface area contributed by atoms with Gasteiger partial charge in [0.2, 0.25) is 11.8 Å². The van der Waals surface area contributed by atoms with E-state index in [0.29, 0.717) is 43.1 Å². The molecule has 2 amide bonds. The van der Waals surface area contributed by atoms with Crippen molar-refractivity contribution in [2.75, 3.05) is 20.1 Å². The van der Waals surface area contributed by atoms with Gasteiger partial charge in [-0.15, -0.1) is 0 Å². The molecule has 1 aliphatic rings. The van der Waals surface area contributed by atoms with Crippen molar-refractivity contribution in [2.24, 2.45) is 5.92 Å². The fourth-order valence-corrected chi connectivity index (χ4v) is 5.04. The Morgan fingerprint density at radius 3 is 2.52 bits per heavy atom. The van der Waals surface area contributed by atoms with Crippen LogP contribution in [0.5, 0.6) is 5.75 Å². The van der Waals surface area contributed by atoms with Crippen LogP contribution in [-0.4, -0.2) is 60.8 Å². The van der Waals surface area contributed by atoms with Gasteiger partial charge in [0.1, 0.15) is 17.7 Å². The summed E-state index contributed by atoms with van der Waals surface area (Å²) in [5, 5.41) is 6.88. The molecular formula is C31H41ClFN3O4. The molecule has 4 atom stereocenters. The van der Waals surface area contributed by atoms with Gasteiger partial charge in [0.05, 0.1) is 12.1 Å². The maximum Gasteiger partial charge on any atom is 0.240 e. The highest BCUT2D eigenvalue weighted by atomic mass is 35.5. The number of nitrogens with zero attached hydrogens (tertiary/aromatic N) is 1. The van der Waals surface area contributed by atoms with Crippen LogP contribution in [0.4, 0.5) is 4.39 Å². The second kappa shape index (κ2) is 15.1. The fraction of sp³-hybridized carbons (Fsp3) is 0.516. The minimum Gasteiger partial charge on any atom is -0.489 e. The van der Waals surface area contributed by atoms with E-state index in [1.165, 1.54) is 17.0 Å². The number of carbonyl (C=O) groups excluding carboxylic acids is 3. The van der Waals surface area contributed by atoms with Crippen LogP contribution in [-0.2, 0) is 27.2 Å². The SMILES string of the molecule is CCC[C@@H]1NC[C@@H](C)Oc2cc(Cl)ccc2CCCNC(=O)[C@@H](Cc2ccc(F)cc2)CC(=O)[C@@H](C)N(C)C1=O. The summed E-state index contributed by atoms with van der Waals surface area (Å²) < 4.78 is 19.7. The standard InChI is InChI=1S/C31H41ClFN3O4/c1-5-7-27-31(39)36(4)21(3)28(37)17-24(16-22-9-13-26(33)14-10-22)30(38)34-15-6-8-23-11-12-25(32)18-29(23)40-20(2)19-35-27/h9-14,18,20-21,24,27,35H,5-8,15-17,19H2,1-4H3,(H,34,38)/t20-,21-,24+,27+/m1/s1. The zero-order chi connectivity index (χ0) is 29.2. The van der Waals surface area contributed by atoms with Crippen molar-refractivity contribution in [3.05, 3.63) is 64.4 Å². The van der Waals surface area contributed by atoms with E-state index in [2.05, 4.69) is 10.6 Å². The molecule has 0 spiro atoms. The van der Waals surface area contributed by atoms with Crippen LogP contribution in [0, 0.1) is 11.7 Å². The third kappa shape index (κ3) is 9.03. The number of carbonyl (C=O) groups is 3. The van der Waals surface area contributed by atoms with Gasteiger partial charge < -0.3 is 20.3 Å². The second-order valence-electron chi connectivity index (χ2n) is 10.6. The van der Waals surface area contributed by atoms with E-state index in [9.17, 15) is 18.8 Å². The van der Waals surface area contributed by atoms with E-state index < -0.39 is 18.0 Å². The van der Waals surface area contributed by atoms with Crippen molar-refractivity contribution in [3.8, 4) is 5.75 Å². The van der Waals surface area contributed by atoms with Gasteiger partial charge in [-0.1, -0.05) is 43.1 Å². The number of Topliss-reactive ketones (excluding diaryl/α,β-unsaturated/α-hetero) is 1. The first-order chi connectivity index (χ1) is 19.1. The highest BCUT2D eigenvalue weighted by Crippen LogP contribution is 2.26. The first-order valence-corrected chi connectivity index (χ1v) is 14.5. The Morgan fingerprint density at radius 1 is 1.10 bits per heavy atom. The Labute approximate surface area is 241 Å². The molecule has 0 aromatic heterocycles. The fourth-order valence-electron chi connectivity index (χ4n) is 4.88. The van der Waals surface area contributed by atoms with E-state index in [4.69, 9.17) is 16.3 Å². The highest BCUT2D eigenvalue weighted by molar-refractivity contribution is 6.30. The number of fused-ring (bicyclic) bond motifs is 1. The minimum atomic E-state index is -0.709. The zero-order valence-electron chi connectivity index (χ0n) is 23.8. The Kier molecular flexibility index (Phi) is 11.9. The van der Waals surface area contributed by atoms with Gasteiger partial charge in [-0.25, -0.2) is 4.39 Å². The van der Waals surface area contributed by atoms with Gasteiger partial charge in [0, 0.05) is 37.5 Å². The molecule has 1 heterocycles. The lowest BCUT2D eigenvalue weighted by Gasteiger charge is -2.30. The van der Waals surface area contributed by atoms with Gasteiger partial charge in [-0.05, 0) is 74.9 Å². The monoisotopic (exact) mass is 573 g/mol. The molecule has 0 fully saturated rings. The molecule has 0 bridgehead atoms. The first-order valence-electron chi connectivity index (χ1n) is 14.1. The molecule has 2 N–H and O–H groups in total. The molecule has 1 aliphatic heterocycles. The summed E-state index contributed by atoms with van der Waals surface area (Å²) in [6, 6.07) is 10.3. The van der Waals surface area contributed by atoms with Crippen LogP contribution in [0.1, 0.15) is 57.6 Å². The molecule has 7 nitrogen and oxygen atoms in total. The summed E-state index contributed by atoms with van der Waals surface area (Å²) in [6.07, 6.45) is 2.74. The average Bonchev–Trinajstić information content (AvgIpc) is 2.93. The number of hydrogen-bond acceptors (Lipinski definition) is 5. The first kappa shape index (κ1) is 31.6. The summed E-state index contributed by atoms with van der Waals surface area (Å²) in [7, 11) is 1.63. The smallest absolute Gasteiger partial charge is 0.240 e. The maximum absolute atomic E-state index is 13.5. The van der Waals surface area contributed by atoms with Crippen LogP contribution < -0.4 is 15.4 Å². The number of nitrogens with one attached hydrogen (secondary N) is 2. The van der Waals surface area contributed by atoms with Gasteiger partial charge >= 0.3 is 0 Å². The summed E-state index contributed by atoms with van der Waals surface area (Å²) in [6.45, 7) is 6.49. The summed E-state index contributed by atoms with van der Waals surface area (Å²) in [5.74, 6) is -0.957. The number of likely N-dealkylation sites (N-methyl/N-ethyl adjacent to an activating group) is 1. The van der Waals surface area contributed by atoms with Crippen LogP contribution in [0.15, 0.2) is 42.5 Å². The largest absolute Gasteiger partial charge is 0.489 e. The van der Waals surface area contributed by atoms with Crippen molar-refractivity contribution in [1.29, 1.82) is 0 Å². The molecule has 40 heavy (non-hydrogen) atoms. The Hall–Kier alpha value is -2.97. The van der Waals surface area contributed by atoms with Crippen molar-refractivity contribution < 1.29 is 23.5 Å². The molecule has 218 valence electrons.